The molecule has 5 aromatic heterocycles. The molecule has 286 valence electrons. The monoisotopic (exact) mass is 764 g/mol. The minimum atomic E-state index is 0.773. The molecule has 8 aromatic rings. The molecule has 3 aromatic carbocycles. The average Bonchev–Trinajstić information content (AvgIpc) is 3.32. The number of para-hydroxylation sites is 1. The summed E-state index contributed by atoms with van der Waals surface area (Å²) in [5.41, 5.74) is 17.1. The number of pyridine rings is 5. The maximum Gasteiger partial charge on any atom is 0.0886 e. The first-order valence-corrected chi connectivity index (χ1v) is 20.3. The number of rotatable bonds is 13. The molecule has 0 amide bonds. The van der Waals surface area contributed by atoms with Crippen molar-refractivity contribution in [2.75, 3.05) is 4.90 Å². The van der Waals surface area contributed by atoms with Gasteiger partial charge in [-0.05, 0) is 150 Å². The van der Waals surface area contributed by atoms with Crippen molar-refractivity contribution in [3.05, 3.63) is 234 Å². The molecule has 0 saturated heterocycles. The molecule has 9 rings (SSSR count). The van der Waals surface area contributed by atoms with Crippen LogP contribution >= 0.6 is 0 Å². The number of anilines is 3. The summed E-state index contributed by atoms with van der Waals surface area (Å²) in [6, 6.07) is 48.6. The summed E-state index contributed by atoms with van der Waals surface area (Å²) in [6.45, 7) is 0. The molecular weight excluding hydrogens is 721 g/mol. The molecule has 0 spiro atoms. The van der Waals surface area contributed by atoms with Gasteiger partial charge in [-0.2, -0.15) is 0 Å². The van der Waals surface area contributed by atoms with Crippen LogP contribution in [0.25, 0.3) is 28.3 Å². The molecule has 0 fully saturated rings. The molecule has 1 aliphatic rings. The normalized spacial score (nSPS) is 12.2. The summed E-state index contributed by atoms with van der Waals surface area (Å²) in [5.74, 6) is 0. The largest absolute Gasteiger partial charge is 0.309 e. The Bertz CT molecular complexity index is 2620. The molecule has 0 unspecified atom stereocenters. The van der Waals surface area contributed by atoms with Gasteiger partial charge in [-0.15, -0.1) is 0 Å². The predicted octanol–water partition coefficient (Wildman–Crippen LogP) is 12.0. The van der Waals surface area contributed by atoms with Gasteiger partial charge in [0.15, 0.2) is 0 Å². The van der Waals surface area contributed by atoms with E-state index in [9.17, 15) is 0 Å². The third-order valence-corrected chi connectivity index (χ3v) is 10.9. The molecule has 0 atom stereocenters. The lowest BCUT2D eigenvalue weighted by Crippen LogP contribution is -2.10. The smallest absolute Gasteiger partial charge is 0.0886 e. The lowest BCUT2D eigenvalue weighted by molar-refractivity contribution is 0.806. The summed E-state index contributed by atoms with van der Waals surface area (Å²) in [7, 11) is 0. The SMILES string of the molecule is C1=CCc2c(/C(=C\Cc3ccc(N(c4ccccc4)c4cccnc4)cc3)c3ccc(-c4ccccn4)nc3)ccc(CCCc3ccc(-c4ccccn4)nc3)c2C1. The number of fused-ring (bicyclic) bond motifs is 1. The van der Waals surface area contributed by atoms with Crippen molar-refractivity contribution < 1.29 is 0 Å². The van der Waals surface area contributed by atoms with Crippen LogP contribution in [-0.4, -0.2) is 24.9 Å². The van der Waals surface area contributed by atoms with Crippen molar-refractivity contribution in [3.8, 4) is 22.8 Å². The zero-order valence-electron chi connectivity index (χ0n) is 32.9. The maximum absolute atomic E-state index is 4.92. The Labute approximate surface area is 346 Å². The van der Waals surface area contributed by atoms with Crippen LogP contribution in [0, 0.1) is 0 Å². The quantitative estimate of drug-likeness (QED) is 0.109. The van der Waals surface area contributed by atoms with Gasteiger partial charge in [0.25, 0.3) is 0 Å². The van der Waals surface area contributed by atoms with Crippen LogP contribution < -0.4 is 4.90 Å². The second kappa shape index (κ2) is 17.9. The van der Waals surface area contributed by atoms with Crippen molar-refractivity contribution in [1.29, 1.82) is 0 Å². The van der Waals surface area contributed by atoms with Crippen LogP contribution in [0.5, 0.6) is 0 Å². The summed E-state index contributed by atoms with van der Waals surface area (Å²) in [6.07, 6.45) is 24.1. The molecule has 6 nitrogen and oxygen atoms in total. The number of aromatic nitrogens is 5. The number of nitrogens with zero attached hydrogens (tertiary/aromatic N) is 6. The first-order valence-electron chi connectivity index (χ1n) is 20.3. The first-order chi connectivity index (χ1) is 29.3. The van der Waals surface area contributed by atoms with Crippen molar-refractivity contribution >= 4 is 22.6 Å². The van der Waals surface area contributed by atoms with Gasteiger partial charge < -0.3 is 4.90 Å². The van der Waals surface area contributed by atoms with E-state index in [-0.39, 0.29) is 0 Å². The molecule has 5 heterocycles. The fourth-order valence-electron chi connectivity index (χ4n) is 7.95. The molecule has 0 bridgehead atoms. The highest BCUT2D eigenvalue weighted by Crippen LogP contribution is 2.36. The highest BCUT2D eigenvalue weighted by atomic mass is 15.1. The van der Waals surface area contributed by atoms with Crippen LogP contribution in [-0.2, 0) is 32.1 Å². The Kier molecular flexibility index (Phi) is 11.3. The Morgan fingerprint density at radius 2 is 1.15 bits per heavy atom. The van der Waals surface area contributed by atoms with E-state index in [0.717, 1.165) is 83.9 Å². The van der Waals surface area contributed by atoms with Gasteiger partial charge in [0.05, 0.1) is 34.7 Å². The molecule has 0 saturated carbocycles. The summed E-state index contributed by atoms with van der Waals surface area (Å²) in [4.78, 5) is 25.3. The fourth-order valence-corrected chi connectivity index (χ4v) is 7.95. The number of aryl methyl sites for hydroxylation is 2. The van der Waals surface area contributed by atoms with E-state index >= 15 is 0 Å². The van der Waals surface area contributed by atoms with Crippen LogP contribution in [0.15, 0.2) is 195 Å². The van der Waals surface area contributed by atoms with E-state index < -0.39 is 0 Å². The molecule has 0 aliphatic heterocycles. The van der Waals surface area contributed by atoms with E-state index in [1.165, 1.54) is 39.0 Å². The van der Waals surface area contributed by atoms with E-state index in [2.05, 4.69) is 129 Å². The first kappa shape index (κ1) is 37.3. The average molecular weight is 765 g/mol. The Morgan fingerprint density at radius 3 is 1.81 bits per heavy atom. The van der Waals surface area contributed by atoms with Crippen LogP contribution in [0.1, 0.15) is 45.4 Å². The van der Waals surface area contributed by atoms with Crippen LogP contribution in [0.2, 0.25) is 0 Å². The van der Waals surface area contributed by atoms with E-state index in [0.29, 0.717) is 0 Å². The van der Waals surface area contributed by atoms with Gasteiger partial charge in [0.1, 0.15) is 0 Å². The molecule has 0 N–H and O–H groups in total. The van der Waals surface area contributed by atoms with E-state index in [1.807, 2.05) is 85.7 Å². The topological polar surface area (TPSA) is 67.7 Å². The summed E-state index contributed by atoms with van der Waals surface area (Å²) < 4.78 is 0. The Morgan fingerprint density at radius 1 is 0.492 bits per heavy atom. The van der Waals surface area contributed by atoms with Crippen LogP contribution in [0.4, 0.5) is 17.1 Å². The lowest BCUT2D eigenvalue weighted by Gasteiger charge is -2.25. The summed E-state index contributed by atoms with van der Waals surface area (Å²) in [5, 5.41) is 0. The molecule has 0 radical (unpaired) electrons. The minimum Gasteiger partial charge on any atom is -0.309 e. The number of hydrogen-bond donors (Lipinski definition) is 0. The van der Waals surface area contributed by atoms with Gasteiger partial charge in [-0.25, -0.2) is 0 Å². The number of benzene rings is 3. The Balaban J connectivity index is 1.000. The van der Waals surface area contributed by atoms with Gasteiger partial charge in [0.2, 0.25) is 0 Å². The highest BCUT2D eigenvalue weighted by Gasteiger charge is 2.19. The minimum absolute atomic E-state index is 0.773. The Hall–Kier alpha value is -7.31. The van der Waals surface area contributed by atoms with E-state index in [1.54, 1.807) is 0 Å². The van der Waals surface area contributed by atoms with Gasteiger partial charge in [-0.1, -0.05) is 85.0 Å². The standard InChI is InChI=1S/C53H44N6/c1-2-14-43(15-3-1)59(45-16-11-33-54-38-45)44-27-21-39(22-28-44)23-29-47(42-26-32-53(58-37-42)51-20-7-9-35-56-51)49-30-25-41(46-17-4-5-18-48(46)49)13-10-12-40-24-31-52(57-36-40)50-19-6-8-34-55-50/h1-9,11,14-16,19-22,24-38H,10,12-13,17-18,23H2/b47-29-. The third-order valence-electron chi connectivity index (χ3n) is 10.9. The second-order valence-corrected chi connectivity index (χ2v) is 14.7. The van der Waals surface area contributed by atoms with Crippen molar-refractivity contribution in [2.45, 2.75) is 38.5 Å². The zero-order chi connectivity index (χ0) is 39.6. The second-order valence-electron chi connectivity index (χ2n) is 14.7. The van der Waals surface area contributed by atoms with Gasteiger partial charge in [-0.3, -0.25) is 24.9 Å². The van der Waals surface area contributed by atoms with Crippen molar-refractivity contribution in [2.24, 2.45) is 0 Å². The number of allylic oxidation sites excluding steroid dienone is 3. The molecule has 1 aliphatic carbocycles. The molecule has 6 heteroatoms. The molecular formula is C53H44N6. The zero-order valence-corrected chi connectivity index (χ0v) is 32.9. The number of hydrogen-bond acceptors (Lipinski definition) is 6. The van der Waals surface area contributed by atoms with Crippen molar-refractivity contribution in [1.82, 2.24) is 24.9 Å². The third kappa shape index (κ3) is 8.68. The maximum atomic E-state index is 4.92. The van der Waals surface area contributed by atoms with Gasteiger partial charge in [0, 0.05) is 47.9 Å². The van der Waals surface area contributed by atoms with E-state index in [4.69, 9.17) is 9.97 Å². The highest BCUT2D eigenvalue weighted by molar-refractivity contribution is 5.83. The summed E-state index contributed by atoms with van der Waals surface area (Å²) >= 11 is 0. The van der Waals surface area contributed by atoms with Crippen molar-refractivity contribution in [3.63, 3.8) is 0 Å². The molecule has 59 heavy (non-hydrogen) atoms. The fraction of sp³-hybridized carbons (Fsp3) is 0.113. The van der Waals surface area contributed by atoms with Crippen LogP contribution in [0.3, 0.4) is 0 Å². The predicted molar refractivity (Wildman–Crippen MR) is 240 cm³/mol. The lowest BCUT2D eigenvalue weighted by atomic mass is 9.82. The van der Waals surface area contributed by atoms with Gasteiger partial charge >= 0.3 is 0 Å².